The van der Waals surface area contributed by atoms with Gasteiger partial charge < -0.3 is 23.4 Å². The van der Waals surface area contributed by atoms with Crippen LogP contribution < -0.4 is 14.4 Å². The number of piperazine rings is 1. The number of ether oxygens (including phenoxy) is 2. The number of nitrogens with zero attached hydrogens (tertiary/aromatic N) is 4. The average molecular weight is 374 g/mol. The first-order chi connectivity index (χ1) is 12.6. The van der Waals surface area contributed by atoms with Crippen molar-refractivity contribution >= 4 is 16.5 Å². The van der Waals surface area contributed by atoms with Crippen molar-refractivity contribution in [1.82, 2.24) is 14.9 Å². The predicted octanol–water partition coefficient (Wildman–Crippen LogP) is 2.17. The van der Waals surface area contributed by atoms with E-state index >= 15 is 0 Å². The van der Waals surface area contributed by atoms with Gasteiger partial charge in [0.05, 0.1) is 0 Å². The number of aromatic nitrogens is 2. The Balaban J connectivity index is 1.40. The Morgan fingerprint density at radius 3 is 2.50 bits per heavy atom. The third kappa shape index (κ3) is 3.32. The molecular weight excluding hydrogens is 354 g/mol. The zero-order valence-corrected chi connectivity index (χ0v) is 15.2. The highest BCUT2D eigenvalue weighted by Gasteiger charge is 2.24. The highest BCUT2D eigenvalue weighted by Crippen LogP contribution is 2.35. The highest BCUT2D eigenvalue weighted by molar-refractivity contribution is 7.73. The van der Waals surface area contributed by atoms with Gasteiger partial charge in [0.2, 0.25) is 12.7 Å². The summed E-state index contributed by atoms with van der Waals surface area (Å²) in [6.07, 6.45) is 2.93. The number of nitrogens with one attached hydrogen (secondary N) is 1. The van der Waals surface area contributed by atoms with Gasteiger partial charge in [-0.05, 0) is 24.6 Å². The van der Waals surface area contributed by atoms with Crippen molar-refractivity contribution in [3.63, 3.8) is 0 Å². The Hall–Kier alpha value is -2.39. The molecule has 0 saturated carbocycles. The zero-order chi connectivity index (χ0) is 18.1. The van der Waals surface area contributed by atoms with Crippen LogP contribution in [0.5, 0.6) is 11.5 Å². The van der Waals surface area contributed by atoms with Crippen molar-refractivity contribution in [3.05, 3.63) is 36.2 Å². The molecule has 1 atom stereocenters. The molecule has 9 heteroatoms. The maximum atomic E-state index is 11.1. The fourth-order valence-corrected chi connectivity index (χ4v) is 3.56. The fourth-order valence-electron chi connectivity index (χ4n) is 3.26. The van der Waals surface area contributed by atoms with E-state index in [2.05, 4.69) is 38.8 Å². The summed E-state index contributed by atoms with van der Waals surface area (Å²) in [6.45, 7) is 5.91. The quantitative estimate of drug-likeness (QED) is 0.820. The lowest BCUT2D eigenvalue weighted by molar-refractivity contribution is 0.173. The molecule has 0 spiro atoms. The van der Waals surface area contributed by atoms with E-state index in [-0.39, 0.29) is 6.04 Å². The van der Waals surface area contributed by atoms with Gasteiger partial charge in [0.25, 0.3) is 0 Å². The molecule has 26 heavy (non-hydrogen) atoms. The summed E-state index contributed by atoms with van der Waals surface area (Å²) < 4.78 is 29.2. The molecule has 0 unspecified atom stereocenters. The highest BCUT2D eigenvalue weighted by atomic mass is 32.2. The summed E-state index contributed by atoms with van der Waals surface area (Å²) in [6, 6.07) is 6.40. The van der Waals surface area contributed by atoms with Gasteiger partial charge in [-0.1, -0.05) is 11.0 Å². The van der Waals surface area contributed by atoms with Gasteiger partial charge >= 0.3 is 0 Å². The van der Waals surface area contributed by atoms with Crippen LogP contribution in [0, 0.1) is 4.78 Å². The van der Waals surface area contributed by atoms with Gasteiger partial charge in [-0.2, -0.15) is 10.6 Å². The van der Waals surface area contributed by atoms with Gasteiger partial charge in [0.15, 0.2) is 11.5 Å². The molecule has 2 aliphatic rings. The molecule has 1 aromatic heterocycles. The average Bonchev–Trinajstić information content (AvgIpc) is 3.15. The summed E-state index contributed by atoms with van der Waals surface area (Å²) in [5.41, 5.74) is 1.21. The maximum Gasteiger partial charge on any atom is 0.231 e. The second kappa shape index (κ2) is 7.08. The standard InChI is InChI=1S/C17H20N5O3S/c1-12(13-2-3-15-16(8-13)25-11-24-15)21-4-6-22(7-5-21)17-19-9-14(10-20-17)26(18)23/h2-3,8-10,12,18H,4-7,11H2,1H3/q-1/t12-/m0/s1. The zero-order valence-electron chi connectivity index (χ0n) is 14.4. The normalized spacial score (nSPS) is 18.3. The number of fused-ring (bicyclic) bond motifs is 1. The van der Waals surface area contributed by atoms with Crippen LogP contribution in [0.25, 0.3) is 0 Å². The summed E-state index contributed by atoms with van der Waals surface area (Å²) in [7, 11) is -1.80. The molecule has 1 saturated heterocycles. The maximum absolute atomic E-state index is 11.1. The molecule has 0 radical (unpaired) electrons. The molecule has 1 aromatic carbocycles. The minimum Gasteiger partial charge on any atom is -0.454 e. The number of hydrogen-bond acceptors (Lipinski definition) is 9. The monoisotopic (exact) mass is 374 g/mol. The Kier molecular flexibility index (Phi) is 4.64. The topological polar surface area (TPSA) is 91.6 Å². The predicted molar refractivity (Wildman–Crippen MR) is 95.8 cm³/mol. The molecule has 0 amide bonds. The molecule has 0 aliphatic carbocycles. The van der Waals surface area contributed by atoms with Crippen molar-refractivity contribution in [2.24, 2.45) is 0 Å². The molecule has 0 bridgehead atoms. The van der Waals surface area contributed by atoms with Crippen molar-refractivity contribution in [1.29, 1.82) is 4.78 Å². The third-order valence-electron chi connectivity index (χ3n) is 4.85. The van der Waals surface area contributed by atoms with Crippen LogP contribution in [0.15, 0.2) is 35.5 Å². The fraction of sp³-hybridized carbons (Fsp3) is 0.412. The first-order valence-electron chi connectivity index (χ1n) is 8.45. The molecular formula is C17H20N5O3S-. The van der Waals surface area contributed by atoms with Gasteiger partial charge in [0, 0.05) is 44.6 Å². The minimum atomic E-state index is -1.80. The molecule has 4 rings (SSSR count). The lowest BCUT2D eigenvalue weighted by Gasteiger charge is -2.38. The Bertz CT molecular complexity index is 855. The minimum absolute atomic E-state index is 0.278. The van der Waals surface area contributed by atoms with E-state index in [1.165, 1.54) is 18.0 Å². The number of benzene rings is 1. The molecule has 1 N–H and O–H groups in total. The first-order valence-corrected chi connectivity index (χ1v) is 9.60. The molecule has 8 nitrogen and oxygen atoms in total. The van der Waals surface area contributed by atoms with E-state index in [4.69, 9.17) is 14.3 Å². The smallest absolute Gasteiger partial charge is 0.231 e. The SMILES string of the molecule is C[C@@H](c1ccc2c(c1)OCO2)N1CCN(c2ncc([S-](=N)=O)cn2)CC1. The van der Waals surface area contributed by atoms with Crippen LogP contribution in [0.1, 0.15) is 18.5 Å². The summed E-state index contributed by atoms with van der Waals surface area (Å²) in [5.74, 6) is 2.24. The van der Waals surface area contributed by atoms with E-state index in [1.807, 2.05) is 6.07 Å². The molecule has 2 aliphatic heterocycles. The van der Waals surface area contributed by atoms with Crippen LogP contribution in [0.4, 0.5) is 5.95 Å². The van der Waals surface area contributed by atoms with E-state index in [0.29, 0.717) is 17.6 Å². The van der Waals surface area contributed by atoms with Gasteiger partial charge in [-0.25, -0.2) is 9.97 Å². The molecule has 3 heterocycles. The summed E-state index contributed by atoms with van der Waals surface area (Å²) >= 11 is 0. The second-order valence-corrected chi connectivity index (χ2v) is 7.31. The van der Waals surface area contributed by atoms with Crippen molar-refractivity contribution < 1.29 is 13.7 Å². The molecule has 138 valence electrons. The lowest BCUT2D eigenvalue weighted by Crippen LogP contribution is -2.47. The Morgan fingerprint density at radius 2 is 1.81 bits per heavy atom. The van der Waals surface area contributed by atoms with Crippen LogP contribution in [0.2, 0.25) is 0 Å². The summed E-state index contributed by atoms with van der Waals surface area (Å²) in [4.78, 5) is 13.3. The van der Waals surface area contributed by atoms with Crippen molar-refractivity contribution in [2.75, 3.05) is 37.9 Å². The van der Waals surface area contributed by atoms with Gasteiger partial charge in [0.1, 0.15) is 0 Å². The van der Waals surface area contributed by atoms with E-state index in [1.54, 1.807) is 0 Å². The Labute approximate surface area is 153 Å². The lowest BCUT2D eigenvalue weighted by atomic mass is 10.1. The van der Waals surface area contributed by atoms with Gasteiger partial charge in [-0.3, -0.25) is 4.90 Å². The van der Waals surface area contributed by atoms with Gasteiger partial charge in [-0.15, -0.1) is 0 Å². The van der Waals surface area contributed by atoms with Crippen LogP contribution in [-0.4, -0.2) is 47.8 Å². The van der Waals surface area contributed by atoms with E-state index < -0.39 is 10.6 Å². The molecule has 1 fully saturated rings. The Morgan fingerprint density at radius 1 is 1.12 bits per heavy atom. The van der Waals surface area contributed by atoms with Crippen molar-refractivity contribution in [3.8, 4) is 11.5 Å². The molecule has 2 aromatic rings. The van der Waals surface area contributed by atoms with E-state index in [0.717, 1.165) is 37.7 Å². The van der Waals surface area contributed by atoms with Crippen LogP contribution in [0.3, 0.4) is 0 Å². The second-order valence-electron chi connectivity index (χ2n) is 6.30. The summed E-state index contributed by atoms with van der Waals surface area (Å²) in [5, 5.41) is 0. The third-order valence-corrected chi connectivity index (χ3v) is 5.49. The number of hydrogen-bond donors (Lipinski definition) is 1. The number of rotatable bonds is 4. The largest absolute Gasteiger partial charge is 0.454 e. The number of anilines is 1. The van der Waals surface area contributed by atoms with Crippen molar-refractivity contribution in [2.45, 2.75) is 17.9 Å². The van der Waals surface area contributed by atoms with Crippen LogP contribution in [-0.2, 0) is 14.8 Å². The first kappa shape index (κ1) is 17.0. The van der Waals surface area contributed by atoms with E-state index in [9.17, 15) is 4.21 Å². The van der Waals surface area contributed by atoms with Crippen LogP contribution >= 0.6 is 0 Å².